The first-order valence-electron chi connectivity index (χ1n) is 6.73. The lowest BCUT2D eigenvalue weighted by Crippen LogP contribution is -2.14. The van der Waals surface area contributed by atoms with Crippen molar-refractivity contribution in [3.8, 4) is 11.5 Å². The molecule has 2 rings (SSSR count). The zero-order valence-electron chi connectivity index (χ0n) is 11.6. The maximum absolute atomic E-state index is 6.26. The second kappa shape index (κ2) is 7.90. The maximum atomic E-state index is 6.26. The number of hydrogen-bond donors (Lipinski definition) is 1. The minimum Gasteiger partial charge on any atom is -0.454 e. The molecule has 2 aromatic carbocycles. The summed E-state index contributed by atoms with van der Waals surface area (Å²) in [5, 5.41) is 4.93. The molecule has 0 aliphatic heterocycles. The van der Waals surface area contributed by atoms with Gasteiger partial charge in [0, 0.05) is 23.2 Å². The van der Waals surface area contributed by atoms with Crippen LogP contribution in [0.2, 0.25) is 15.1 Å². The molecule has 0 heterocycles. The van der Waals surface area contributed by atoms with Crippen molar-refractivity contribution >= 4 is 34.8 Å². The molecule has 21 heavy (non-hydrogen) atoms. The van der Waals surface area contributed by atoms with Crippen LogP contribution in [0.25, 0.3) is 0 Å². The van der Waals surface area contributed by atoms with E-state index < -0.39 is 0 Å². The zero-order valence-corrected chi connectivity index (χ0v) is 13.9. The summed E-state index contributed by atoms with van der Waals surface area (Å²) in [6, 6.07) is 10.8. The summed E-state index contributed by atoms with van der Waals surface area (Å²) in [7, 11) is 0. The monoisotopic (exact) mass is 343 g/mol. The molecule has 0 saturated heterocycles. The molecule has 0 radical (unpaired) electrons. The first-order valence-corrected chi connectivity index (χ1v) is 7.86. The van der Waals surface area contributed by atoms with Gasteiger partial charge < -0.3 is 10.1 Å². The van der Waals surface area contributed by atoms with Crippen LogP contribution in [0.4, 0.5) is 0 Å². The smallest absolute Gasteiger partial charge is 0.150 e. The third kappa shape index (κ3) is 4.52. The fourth-order valence-corrected chi connectivity index (χ4v) is 2.42. The van der Waals surface area contributed by atoms with E-state index in [1.54, 1.807) is 24.3 Å². The lowest BCUT2D eigenvalue weighted by atomic mass is 10.2. The Labute approximate surface area is 140 Å². The Kier molecular flexibility index (Phi) is 6.19. The molecule has 0 aliphatic carbocycles. The number of hydrogen-bond acceptors (Lipinski definition) is 2. The summed E-state index contributed by atoms with van der Waals surface area (Å²) in [6.45, 7) is 3.74. The van der Waals surface area contributed by atoms with Crippen LogP contribution in [-0.2, 0) is 6.54 Å². The molecule has 0 amide bonds. The van der Waals surface area contributed by atoms with E-state index in [0.29, 0.717) is 33.1 Å². The fraction of sp³-hybridized carbons (Fsp3) is 0.250. The Morgan fingerprint density at radius 1 is 1.05 bits per heavy atom. The van der Waals surface area contributed by atoms with Crippen LogP contribution in [0.1, 0.15) is 18.9 Å². The van der Waals surface area contributed by atoms with Crippen molar-refractivity contribution in [2.45, 2.75) is 19.9 Å². The Hall–Kier alpha value is -0.930. The first kappa shape index (κ1) is 16.4. The van der Waals surface area contributed by atoms with E-state index in [9.17, 15) is 0 Å². The molecule has 0 unspecified atom stereocenters. The van der Waals surface area contributed by atoms with Crippen molar-refractivity contribution in [1.82, 2.24) is 5.32 Å². The molecule has 5 heteroatoms. The molecule has 0 atom stereocenters. The highest BCUT2D eigenvalue weighted by molar-refractivity contribution is 6.34. The Bertz CT molecular complexity index is 616. The lowest BCUT2D eigenvalue weighted by molar-refractivity contribution is 0.473. The van der Waals surface area contributed by atoms with Crippen molar-refractivity contribution in [3.63, 3.8) is 0 Å². The van der Waals surface area contributed by atoms with Crippen molar-refractivity contribution in [2.75, 3.05) is 6.54 Å². The van der Waals surface area contributed by atoms with Gasteiger partial charge in [-0.25, -0.2) is 0 Å². The van der Waals surface area contributed by atoms with Crippen molar-refractivity contribution in [1.29, 1.82) is 0 Å². The highest BCUT2D eigenvalue weighted by atomic mass is 35.5. The summed E-state index contributed by atoms with van der Waals surface area (Å²) >= 11 is 18.4. The second-order valence-corrected chi connectivity index (χ2v) is 5.83. The Morgan fingerprint density at radius 3 is 2.62 bits per heavy atom. The van der Waals surface area contributed by atoms with Gasteiger partial charge in [0.2, 0.25) is 0 Å². The summed E-state index contributed by atoms with van der Waals surface area (Å²) in [5.41, 5.74) is 0.979. The van der Waals surface area contributed by atoms with Crippen LogP contribution >= 0.6 is 34.8 Å². The highest BCUT2D eigenvalue weighted by Gasteiger charge is 2.12. The molecule has 0 aromatic heterocycles. The van der Waals surface area contributed by atoms with E-state index in [0.717, 1.165) is 18.5 Å². The average molecular weight is 345 g/mol. The van der Waals surface area contributed by atoms with Gasteiger partial charge in [0.25, 0.3) is 0 Å². The molecule has 2 nitrogen and oxygen atoms in total. The normalized spacial score (nSPS) is 10.7. The van der Waals surface area contributed by atoms with Gasteiger partial charge in [-0.15, -0.1) is 0 Å². The standard InChI is InChI=1S/C16H16Cl3NO/c1-2-8-20-10-11-4-3-5-14(19)16(11)21-15-9-12(17)6-7-13(15)18/h3-7,9,20H,2,8,10H2,1H3. The van der Waals surface area contributed by atoms with Crippen molar-refractivity contribution < 1.29 is 4.74 Å². The Morgan fingerprint density at radius 2 is 1.86 bits per heavy atom. The molecule has 1 N–H and O–H groups in total. The molecule has 0 bridgehead atoms. The highest BCUT2D eigenvalue weighted by Crippen LogP contribution is 2.37. The van der Waals surface area contributed by atoms with Gasteiger partial charge in [-0.05, 0) is 31.2 Å². The van der Waals surface area contributed by atoms with E-state index in [1.165, 1.54) is 0 Å². The fourth-order valence-electron chi connectivity index (χ4n) is 1.87. The molecular weight excluding hydrogens is 329 g/mol. The minimum atomic E-state index is 0.492. The summed E-state index contributed by atoms with van der Waals surface area (Å²) in [5.74, 6) is 1.10. The predicted octanol–water partition coefficient (Wildman–Crippen LogP) is 5.94. The van der Waals surface area contributed by atoms with E-state index in [1.807, 2.05) is 12.1 Å². The van der Waals surface area contributed by atoms with Gasteiger partial charge in [-0.3, -0.25) is 0 Å². The number of ether oxygens (including phenoxy) is 1. The lowest BCUT2D eigenvalue weighted by Gasteiger charge is -2.14. The molecule has 0 saturated carbocycles. The minimum absolute atomic E-state index is 0.492. The van der Waals surface area contributed by atoms with Gasteiger partial charge in [-0.2, -0.15) is 0 Å². The topological polar surface area (TPSA) is 21.3 Å². The SMILES string of the molecule is CCCNCc1cccc(Cl)c1Oc1cc(Cl)ccc1Cl. The third-order valence-corrected chi connectivity index (χ3v) is 3.74. The quantitative estimate of drug-likeness (QED) is 0.655. The molecule has 0 fully saturated rings. The van der Waals surface area contributed by atoms with Gasteiger partial charge in [0.1, 0.15) is 5.75 Å². The van der Waals surface area contributed by atoms with Crippen LogP contribution < -0.4 is 10.1 Å². The van der Waals surface area contributed by atoms with Gasteiger partial charge >= 0.3 is 0 Å². The third-order valence-electron chi connectivity index (χ3n) is 2.90. The summed E-state index contributed by atoms with van der Waals surface area (Å²) < 4.78 is 5.89. The molecule has 0 spiro atoms. The zero-order chi connectivity index (χ0) is 15.2. The molecule has 2 aromatic rings. The number of nitrogens with one attached hydrogen (secondary N) is 1. The number of halogens is 3. The van der Waals surface area contributed by atoms with E-state index in [4.69, 9.17) is 39.5 Å². The Balaban J connectivity index is 2.27. The van der Waals surface area contributed by atoms with Crippen LogP contribution in [-0.4, -0.2) is 6.54 Å². The van der Waals surface area contributed by atoms with Gasteiger partial charge in [-0.1, -0.05) is 53.9 Å². The predicted molar refractivity (Wildman–Crippen MR) is 90.0 cm³/mol. The summed E-state index contributed by atoms with van der Waals surface area (Å²) in [4.78, 5) is 0. The number of rotatable bonds is 6. The number of benzene rings is 2. The van der Waals surface area contributed by atoms with Crippen molar-refractivity contribution in [2.24, 2.45) is 0 Å². The van der Waals surface area contributed by atoms with E-state index in [-0.39, 0.29) is 0 Å². The van der Waals surface area contributed by atoms with Crippen LogP contribution in [0.15, 0.2) is 36.4 Å². The molecular formula is C16H16Cl3NO. The van der Waals surface area contributed by atoms with Gasteiger partial charge in [0.05, 0.1) is 10.0 Å². The van der Waals surface area contributed by atoms with Crippen LogP contribution in [0, 0.1) is 0 Å². The maximum Gasteiger partial charge on any atom is 0.150 e. The van der Waals surface area contributed by atoms with Gasteiger partial charge in [0.15, 0.2) is 5.75 Å². The second-order valence-electron chi connectivity index (χ2n) is 4.58. The number of para-hydroxylation sites is 1. The first-order chi connectivity index (χ1) is 10.1. The molecule has 112 valence electrons. The van der Waals surface area contributed by atoms with E-state index >= 15 is 0 Å². The summed E-state index contributed by atoms with van der Waals surface area (Å²) in [6.07, 6.45) is 1.07. The van der Waals surface area contributed by atoms with Crippen molar-refractivity contribution in [3.05, 3.63) is 57.0 Å². The largest absolute Gasteiger partial charge is 0.454 e. The average Bonchev–Trinajstić information content (AvgIpc) is 2.46. The van der Waals surface area contributed by atoms with Crippen LogP contribution in [0.3, 0.4) is 0 Å². The van der Waals surface area contributed by atoms with Crippen LogP contribution in [0.5, 0.6) is 11.5 Å². The molecule has 0 aliphatic rings. The van der Waals surface area contributed by atoms with E-state index in [2.05, 4.69) is 12.2 Å².